The Morgan fingerprint density at radius 1 is 1.04 bits per heavy atom. The molecular weight excluding hydrogens is 360 g/mol. The Morgan fingerprint density at radius 3 is 2.32 bits per heavy atom. The van der Waals surface area contributed by atoms with Crippen molar-refractivity contribution in [2.75, 3.05) is 52.4 Å². The lowest BCUT2D eigenvalue weighted by Crippen LogP contribution is -2.50. The molecule has 0 saturated carbocycles. The number of hydrogen-bond acceptors (Lipinski definition) is 5. The van der Waals surface area contributed by atoms with E-state index in [0.717, 1.165) is 25.8 Å². The highest BCUT2D eigenvalue weighted by molar-refractivity contribution is 5.81. The molecule has 2 saturated heterocycles. The van der Waals surface area contributed by atoms with Crippen LogP contribution in [0.5, 0.6) is 0 Å². The number of nitrogens with zero attached hydrogens (tertiary/aromatic N) is 2. The summed E-state index contributed by atoms with van der Waals surface area (Å²) in [6.45, 7) is 9.18. The maximum Gasteiger partial charge on any atom is 0.250 e. The Kier molecular flexibility index (Phi) is 9.70. The third kappa shape index (κ3) is 7.75. The molecule has 28 heavy (non-hydrogen) atoms. The number of carbonyl (C=O) groups excluding carboxylic acids is 3. The van der Waals surface area contributed by atoms with Crippen LogP contribution < -0.4 is 10.6 Å². The number of rotatable bonds is 9. The van der Waals surface area contributed by atoms with Gasteiger partial charge in [-0.1, -0.05) is 20.3 Å². The second-order valence-electron chi connectivity index (χ2n) is 8.02. The van der Waals surface area contributed by atoms with Crippen LogP contribution in [0.15, 0.2) is 0 Å². The summed E-state index contributed by atoms with van der Waals surface area (Å²) >= 11 is 0. The zero-order chi connectivity index (χ0) is 20.4. The maximum absolute atomic E-state index is 12.3. The average Bonchev–Trinajstić information content (AvgIpc) is 2.70. The lowest BCUT2D eigenvalue weighted by molar-refractivity contribution is -0.140. The first kappa shape index (κ1) is 22.6. The first-order chi connectivity index (χ1) is 13.5. The molecule has 0 bridgehead atoms. The fourth-order valence-electron chi connectivity index (χ4n) is 3.48. The second kappa shape index (κ2) is 12.0. The molecular formula is C20H36N4O4. The zero-order valence-corrected chi connectivity index (χ0v) is 17.4. The van der Waals surface area contributed by atoms with Crippen molar-refractivity contribution < 1.29 is 19.1 Å². The van der Waals surface area contributed by atoms with Gasteiger partial charge < -0.3 is 25.2 Å². The number of nitrogens with one attached hydrogen (secondary N) is 2. The molecule has 2 N–H and O–H groups in total. The van der Waals surface area contributed by atoms with Crippen LogP contribution in [0.3, 0.4) is 0 Å². The van der Waals surface area contributed by atoms with Gasteiger partial charge in [0, 0.05) is 58.7 Å². The van der Waals surface area contributed by atoms with Crippen molar-refractivity contribution in [1.29, 1.82) is 0 Å². The van der Waals surface area contributed by atoms with Gasteiger partial charge in [-0.05, 0) is 18.8 Å². The van der Waals surface area contributed by atoms with Gasteiger partial charge in [0.05, 0.1) is 6.61 Å². The van der Waals surface area contributed by atoms with E-state index >= 15 is 0 Å². The average molecular weight is 397 g/mol. The Balaban J connectivity index is 1.51. The quantitative estimate of drug-likeness (QED) is 0.550. The largest absolute Gasteiger partial charge is 0.366 e. The van der Waals surface area contributed by atoms with Crippen LogP contribution in [0.25, 0.3) is 0 Å². The molecule has 0 spiro atoms. The zero-order valence-electron chi connectivity index (χ0n) is 17.4. The minimum atomic E-state index is -0.388. The van der Waals surface area contributed by atoms with Crippen molar-refractivity contribution in [1.82, 2.24) is 20.4 Å². The van der Waals surface area contributed by atoms with Crippen LogP contribution in [0, 0.1) is 5.92 Å². The van der Waals surface area contributed by atoms with Crippen molar-refractivity contribution in [3.8, 4) is 0 Å². The Morgan fingerprint density at radius 2 is 1.71 bits per heavy atom. The predicted molar refractivity (Wildman–Crippen MR) is 107 cm³/mol. The van der Waals surface area contributed by atoms with Gasteiger partial charge >= 0.3 is 0 Å². The number of ether oxygens (including phenoxy) is 1. The van der Waals surface area contributed by atoms with E-state index in [-0.39, 0.29) is 23.8 Å². The van der Waals surface area contributed by atoms with E-state index in [9.17, 15) is 14.4 Å². The number of hydrogen-bond donors (Lipinski definition) is 2. The predicted octanol–water partition coefficient (Wildman–Crippen LogP) is 0.368. The van der Waals surface area contributed by atoms with Gasteiger partial charge in [-0.25, -0.2) is 0 Å². The molecule has 0 aromatic carbocycles. The minimum absolute atomic E-state index is 0.0619. The molecule has 2 fully saturated rings. The SMILES string of the molecule is CC(C)CC(=O)N1CCN(C(=O)CCCCCNC(=O)C2CNCCO2)CC1. The highest BCUT2D eigenvalue weighted by Crippen LogP contribution is 2.10. The molecule has 1 unspecified atom stereocenters. The van der Waals surface area contributed by atoms with Crippen LogP contribution >= 0.6 is 0 Å². The Hall–Kier alpha value is -1.67. The molecule has 2 aliphatic rings. The second-order valence-corrected chi connectivity index (χ2v) is 8.02. The van der Waals surface area contributed by atoms with Crippen LogP contribution in [0.2, 0.25) is 0 Å². The van der Waals surface area contributed by atoms with Gasteiger partial charge in [0.1, 0.15) is 6.10 Å². The summed E-state index contributed by atoms with van der Waals surface area (Å²) in [6, 6.07) is 0. The van der Waals surface area contributed by atoms with Crippen molar-refractivity contribution >= 4 is 17.7 Å². The summed E-state index contributed by atoms with van der Waals surface area (Å²) < 4.78 is 5.41. The highest BCUT2D eigenvalue weighted by Gasteiger charge is 2.24. The molecule has 0 aromatic heterocycles. The molecule has 2 rings (SSSR count). The van der Waals surface area contributed by atoms with Gasteiger partial charge in [0.15, 0.2) is 0 Å². The summed E-state index contributed by atoms with van der Waals surface area (Å²) in [7, 11) is 0. The van der Waals surface area contributed by atoms with Gasteiger partial charge in [-0.2, -0.15) is 0 Å². The fourth-order valence-corrected chi connectivity index (χ4v) is 3.48. The monoisotopic (exact) mass is 396 g/mol. The first-order valence-corrected chi connectivity index (χ1v) is 10.6. The molecule has 0 radical (unpaired) electrons. The van der Waals surface area contributed by atoms with Crippen LogP contribution in [-0.2, 0) is 19.1 Å². The van der Waals surface area contributed by atoms with Gasteiger partial charge in [-0.15, -0.1) is 0 Å². The van der Waals surface area contributed by atoms with Crippen LogP contribution in [0.1, 0.15) is 46.0 Å². The lowest BCUT2D eigenvalue weighted by atomic mass is 10.1. The molecule has 2 heterocycles. The molecule has 0 aromatic rings. The van der Waals surface area contributed by atoms with Crippen LogP contribution in [0.4, 0.5) is 0 Å². The van der Waals surface area contributed by atoms with E-state index in [1.165, 1.54) is 0 Å². The summed E-state index contributed by atoms with van der Waals surface area (Å²) in [5.74, 6) is 0.664. The first-order valence-electron chi connectivity index (χ1n) is 10.6. The number of carbonyl (C=O) groups is 3. The van der Waals surface area contributed by atoms with Crippen molar-refractivity contribution in [2.24, 2.45) is 5.92 Å². The number of amides is 3. The van der Waals surface area contributed by atoms with Crippen molar-refractivity contribution in [2.45, 2.75) is 52.1 Å². The molecule has 0 aliphatic carbocycles. The third-order valence-corrected chi connectivity index (χ3v) is 5.15. The van der Waals surface area contributed by atoms with Gasteiger partial charge in [0.2, 0.25) is 17.7 Å². The summed E-state index contributed by atoms with van der Waals surface area (Å²) in [5, 5.41) is 6.03. The van der Waals surface area contributed by atoms with Crippen LogP contribution in [-0.4, -0.2) is 86.0 Å². The summed E-state index contributed by atoms with van der Waals surface area (Å²) in [5.41, 5.74) is 0. The van der Waals surface area contributed by atoms with Gasteiger partial charge in [0.25, 0.3) is 0 Å². The summed E-state index contributed by atoms with van der Waals surface area (Å²) in [6.07, 6.45) is 3.31. The molecule has 2 aliphatic heterocycles. The van der Waals surface area contributed by atoms with Gasteiger partial charge in [-0.3, -0.25) is 14.4 Å². The number of piperazine rings is 1. The third-order valence-electron chi connectivity index (χ3n) is 5.15. The normalized spacial score (nSPS) is 20.3. The fraction of sp³-hybridized carbons (Fsp3) is 0.850. The molecule has 8 nitrogen and oxygen atoms in total. The van der Waals surface area contributed by atoms with Crippen molar-refractivity contribution in [3.63, 3.8) is 0 Å². The Bertz CT molecular complexity index is 512. The summed E-state index contributed by atoms with van der Waals surface area (Å²) in [4.78, 5) is 40.1. The number of morpholine rings is 1. The van der Waals surface area contributed by atoms with E-state index in [1.807, 2.05) is 23.6 Å². The van der Waals surface area contributed by atoms with E-state index in [0.29, 0.717) is 64.6 Å². The van der Waals surface area contributed by atoms with E-state index in [1.54, 1.807) is 0 Å². The lowest BCUT2D eigenvalue weighted by Gasteiger charge is -2.35. The smallest absolute Gasteiger partial charge is 0.250 e. The highest BCUT2D eigenvalue weighted by atomic mass is 16.5. The molecule has 1 atom stereocenters. The van der Waals surface area contributed by atoms with Crippen molar-refractivity contribution in [3.05, 3.63) is 0 Å². The van der Waals surface area contributed by atoms with E-state index in [2.05, 4.69) is 10.6 Å². The number of unbranched alkanes of at least 4 members (excludes halogenated alkanes) is 2. The molecule has 3 amide bonds. The standard InChI is InChI=1S/C20H36N4O4/c1-16(2)14-19(26)24-11-9-23(10-12-24)18(25)6-4-3-5-7-22-20(27)17-15-21-8-13-28-17/h16-17,21H,3-15H2,1-2H3,(H,22,27). The topological polar surface area (TPSA) is 91.0 Å². The molecule has 160 valence electrons. The maximum atomic E-state index is 12.3. The van der Waals surface area contributed by atoms with E-state index in [4.69, 9.17) is 4.74 Å². The minimum Gasteiger partial charge on any atom is -0.366 e. The van der Waals surface area contributed by atoms with E-state index < -0.39 is 0 Å². The molecule has 8 heteroatoms. The Labute approximate surface area is 168 Å².